The molecule has 1 unspecified atom stereocenters. The van der Waals surface area contributed by atoms with Crippen molar-refractivity contribution in [2.45, 2.75) is 26.3 Å². The predicted molar refractivity (Wildman–Crippen MR) is 73.6 cm³/mol. The van der Waals surface area contributed by atoms with E-state index < -0.39 is 0 Å². The molecule has 1 N–H and O–H groups in total. The van der Waals surface area contributed by atoms with Crippen LogP contribution in [0.25, 0.3) is 0 Å². The third kappa shape index (κ3) is 5.24. The highest BCUT2D eigenvalue weighted by Gasteiger charge is 2.03. The lowest BCUT2D eigenvalue weighted by Crippen LogP contribution is -2.19. The number of halogens is 1. The third-order valence-corrected chi connectivity index (χ3v) is 2.69. The SMILES string of the molecule is CCCNC(C)c1ccc(OC/C=C/Cl)cc1. The van der Waals surface area contributed by atoms with Gasteiger partial charge in [0.1, 0.15) is 12.4 Å². The van der Waals surface area contributed by atoms with Crippen LogP contribution >= 0.6 is 11.6 Å². The van der Waals surface area contributed by atoms with Gasteiger partial charge in [-0.05, 0) is 43.7 Å². The predicted octanol–water partition coefficient (Wildman–Crippen LogP) is 3.88. The standard InChI is InChI=1S/C14H20ClNO/c1-3-10-16-12(2)13-5-7-14(8-6-13)17-11-4-9-15/h4-9,12,16H,3,10-11H2,1-2H3/b9-4+. The molecule has 3 heteroatoms. The average molecular weight is 254 g/mol. The lowest BCUT2D eigenvalue weighted by atomic mass is 10.1. The van der Waals surface area contributed by atoms with Crippen LogP contribution in [0, 0.1) is 0 Å². The summed E-state index contributed by atoms with van der Waals surface area (Å²) >= 11 is 5.41. The lowest BCUT2D eigenvalue weighted by molar-refractivity contribution is 0.363. The van der Waals surface area contributed by atoms with E-state index in [1.165, 1.54) is 11.1 Å². The molecule has 0 aliphatic heterocycles. The van der Waals surface area contributed by atoms with E-state index in [9.17, 15) is 0 Å². The van der Waals surface area contributed by atoms with Crippen LogP contribution in [-0.2, 0) is 0 Å². The van der Waals surface area contributed by atoms with Crippen LogP contribution in [0.5, 0.6) is 5.75 Å². The highest BCUT2D eigenvalue weighted by molar-refractivity contribution is 6.25. The molecule has 0 saturated heterocycles. The average Bonchev–Trinajstić information content (AvgIpc) is 2.37. The van der Waals surface area contributed by atoms with Gasteiger partial charge in [-0.15, -0.1) is 0 Å². The van der Waals surface area contributed by atoms with Crippen LogP contribution in [0.2, 0.25) is 0 Å². The van der Waals surface area contributed by atoms with Crippen molar-refractivity contribution in [3.63, 3.8) is 0 Å². The number of benzene rings is 1. The van der Waals surface area contributed by atoms with Crippen molar-refractivity contribution in [3.05, 3.63) is 41.4 Å². The van der Waals surface area contributed by atoms with Gasteiger partial charge in [-0.2, -0.15) is 0 Å². The minimum atomic E-state index is 0.381. The van der Waals surface area contributed by atoms with Gasteiger partial charge in [0, 0.05) is 11.6 Å². The van der Waals surface area contributed by atoms with Crippen LogP contribution in [0.3, 0.4) is 0 Å². The normalized spacial score (nSPS) is 12.9. The minimum Gasteiger partial charge on any atom is -0.490 e. The molecular weight excluding hydrogens is 234 g/mol. The van der Waals surface area contributed by atoms with Gasteiger partial charge >= 0.3 is 0 Å². The fourth-order valence-electron chi connectivity index (χ4n) is 1.51. The Morgan fingerprint density at radius 1 is 1.35 bits per heavy atom. The summed E-state index contributed by atoms with van der Waals surface area (Å²) in [7, 11) is 0. The number of rotatable bonds is 7. The zero-order chi connectivity index (χ0) is 12.5. The summed E-state index contributed by atoms with van der Waals surface area (Å²) in [6.45, 7) is 5.88. The van der Waals surface area contributed by atoms with Gasteiger partial charge < -0.3 is 10.1 Å². The molecule has 0 spiro atoms. The highest BCUT2D eigenvalue weighted by atomic mass is 35.5. The maximum Gasteiger partial charge on any atom is 0.119 e. The minimum absolute atomic E-state index is 0.381. The quantitative estimate of drug-likeness (QED) is 0.796. The van der Waals surface area contributed by atoms with Gasteiger partial charge in [-0.1, -0.05) is 30.7 Å². The second-order valence-corrected chi connectivity index (χ2v) is 4.17. The number of hydrogen-bond donors (Lipinski definition) is 1. The summed E-state index contributed by atoms with van der Waals surface area (Å²) in [5.74, 6) is 0.867. The third-order valence-electron chi connectivity index (χ3n) is 2.52. The molecule has 0 fully saturated rings. The van der Waals surface area contributed by atoms with E-state index in [-0.39, 0.29) is 0 Å². The van der Waals surface area contributed by atoms with Crippen molar-refractivity contribution in [1.29, 1.82) is 0 Å². The summed E-state index contributed by atoms with van der Waals surface area (Å²) in [5.41, 5.74) is 2.74. The van der Waals surface area contributed by atoms with Gasteiger partial charge in [0.25, 0.3) is 0 Å². The second kappa shape index (κ2) is 8.15. The number of hydrogen-bond acceptors (Lipinski definition) is 2. The summed E-state index contributed by atoms with van der Waals surface area (Å²) in [5, 5.41) is 3.45. The topological polar surface area (TPSA) is 21.3 Å². The fraction of sp³-hybridized carbons (Fsp3) is 0.429. The van der Waals surface area contributed by atoms with Gasteiger partial charge in [0.05, 0.1) is 0 Å². The molecule has 1 atom stereocenters. The Labute approximate surface area is 109 Å². The molecule has 2 nitrogen and oxygen atoms in total. The molecule has 17 heavy (non-hydrogen) atoms. The first-order valence-corrected chi connectivity index (χ1v) is 6.43. The molecule has 0 bridgehead atoms. The van der Waals surface area contributed by atoms with Crippen molar-refractivity contribution in [2.75, 3.05) is 13.2 Å². The monoisotopic (exact) mass is 253 g/mol. The van der Waals surface area contributed by atoms with Crippen molar-refractivity contribution >= 4 is 11.6 Å². The maximum atomic E-state index is 5.47. The molecular formula is C14H20ClNO. The molecule has 94 valence electrons. The maximum absolute atomic E-state index is 5.47. The molecule has 0 heterocycles. The first kappa shape index (κ1) is 14.1. The number of ether oxygens (including phenoxy) is 1. The first-order valence-electron chi connectivity index (χ1n) is 5.99. The zero-order valence-corrected chi connectivity index (χ0v) is 11.2. The summed E-state index contributed by atoms with van der Waals surface area (Å²) in [6, 6.07) is 8.54. The molecule has 0 saturated carbocycles. The van der Waals surface area contributed by atoms with Crippen molar-refractivity contribution in [3.8, 4) is 5.75 Å². The van der Waals surface area contributed by atoms with E-state index in [1.54, 1.807) is 6.08 Å². The lowest BCUT2D eigenvalue weighted by Gasteiger charge is -2.14. The van der Waals surface area contributed by atoms with Crippen molar-refractivity contribution in [2.24, 2.45) is 0 Å². The molecule has 0 aliphatic rings. The van der Waals surface area contributed by atoms with Gasteiger partial charge in [0.15, 0.2) is 0 Å². The van der Waals surface area contributed by atoms with Gasteiger partial charge in [-0.3, -0.25) is 0 Å². The highest BCUT2D eigenvalue weighted by Crippen LogP contribution is 2.17. The molecule has 0 aliphatic carbocycles. The second-order valence-electron chi connectivity index (χ2n) is 3.92. The Bertz CT molecular complexity index is 335. The summed E-state index contributed by atoms with van der Waals surface area (Å²) < 4.78 is 5.47. The first-order chi connectivity index (χ1) is 8.27. The fourth-order valence-corrected chi connectivity index (χ4v) is 1.58. The molecule has 1 rings (SSSR count). The van der Waals surface area contributed by atoms with E-state index in [0.717, 1.165) is 18.7 Å². The summed E-state index contributed by atoms with van der Waals surface area (Å²) in [6.07, 6.45) is 2.91. The van der Waals surface area contributed by atoms with Gasteiger partial charge in [0.2, 0.25) is 0 Å². The summed E-state index contributed by atoms with van der Waals surface area (Å²) in [4.78, 5) is 0. The van der Waals surface area contributed by atoms with Crippen LogP contribution in [0.4, 0.5) is 0 Å². The van der Waals surface area contributed by atoms with Crippen LogP contribution < -0.4 is 10.1 Å². The Balaban J connectivity index is 2.48. The Morgan fingerprint density at radius 3 is 2.65 bits per heavy atom. The van der Waals surface area contributed by atoms with Crippen LogP contribution in [0.1, 0.15) is 31.9 Å². The van der Waals surface area contributed by atoms with Crippen LogP contribution in [-0.4, -0.2) is 13.2 Å². The molecule has 0 radical (unpaired) electrons. The zero-order valence-electron chi connectivity index (χ0n) is 10.4. The van der Waals surface area contributed by atoms with E-state index in [4.69, 9.17) is 16.3 Å². The molecule has 1 aromatic carbocycles. The van der Waals surface area contributed by atoms with Gasteiger partial charge in [-0.25, -0.2) is 0 Å². The Morgan fingerprint density at radius 2 is 2.06 bits per heavy atom. The smallest absolute Gasteiger partial charge is 0.119 e. The van der Waals surface area contributed by atoms with Crippen LogP contribution in [0.15, 0.2) is 35.9 Å². The molecule has 0 amide bonds. The van der Waals surface area contributed by atoms with E-state index in [2.05, 4.69) is 31.3 Å². The van der Waals surface area contributed by atoms with E-state index in [1.807, 2.05) is 12.1 Å². The number of nitrogens with one attached hydrogen (secondary N) is 1. The molecule has 0 aromatic heterocycles. The largest absolute Gasteiger partial charge is 0.490 e. The Hall–Kier alpha value is -0.990. The molecule has 1 aromatic rings. The van der Waals surface area contributed by atoms with E-state index >= 15 is 0 Å². The Kier molecular flexibility index (Phi) is 6.75. The van der Waals surface area contributed by atoms with Crippen molar-refractivity contribution in [1.82, 2.24) is 5.32 Å². The van der Waals surface area contributed by atoms with Crippen molar-refractivity contribution < 1.29 is 4.74 Å². The van der Waals surface area contributed by atoms with E-state index in [0.29, 0.717) is 12.6 Å².